The van der Waals surface area contributed by atoms with E-state index in [0.29, 0.717) is 0 Å². The van der Waals surface area contributed by atoms with Gasteiger partial charge in [0, 0.05) is 60.5 Å². The van der Waals surface area contributed by atoms with Crippen molar-refractivity contribution in [3.63, 3.8) is 0 Å². The number of thiophene rings is 1. The maximum absolute atomic E-state index is 2.94. The van der Waals surface area contributed by atoms with Crippen molar-refractivity contribution in [2.45, 2.75) is 181 Å². The highest BCUT2D eigenvalue weighted by molar-refractivity contribution is 7.26. The molecule has 0 N–H and O–H groups in total. The highest BCUT2D eigenvalue weighted by Gasteiger charge is 2.62. The van der Waals surface area contributed by atoms with E-state index in [1.54, 1.807) is 0 Å². The van der Waals surface area contributed by atoms with Crippen molar-refractivity contribution in [2.75, 3.05) is 14.7 Å². The Morgan fingerprint density at radius 3 is 1.47 bits per heavy atom. The van der Waals surface area contributed by atoms with Crippen LogP contribution in [-0.2, 0) is 32.5 Å². The molecule has 0 spiro atoms. The number of rotatable bonds is 6. The normalized spacial score (nSPS) is 18.2. The number of benzene rings is 9. The fraction of sp³-hybridized carbons (Fsp3) is 0.341. The first-order chi connectivity index (χ1) is 41.0. The van der Waals surface area contributed by atoms with Gasteiger partial charge in [0.2, 0.25) is 0 Å². The van der Waals surface area contributed by atoms with Crippen molar-refractivity contribution < 1.29 is 0 Å². The Hall–Kier alpha value is -7.34. The standard InChI is InChI=1S/C82H88BN3S/c1-76(2,3)53-30-35-58(36-31-53)84(59-37-32-54(33-38-59)77(4,5)6)60-49-68-71-69(50-60)86-73-65(81(16)42-24-25-43-82(81,86)17)47-57(80(13,14)15)48-67(73)83(71)66-40-39-61-64-44-55(78(7,8)9)34-41-70(64)87-75(61)74(66)85(68)72-62(51-26-20-18-21-27-51)45-56(79(10,11)12)46-63(72)52-28-22-19-23-29-52/h18-23,26-41,44-50H,24-25,42-43H2,1-17H3. The average molecular weight is 1160 g/mol. The zero-order valence-electron chi connectivity index (χ0n) is 54.9. The molecule has 1 aliphatic carbocycles. The van der Waals surface area contributed by atoms with Gasteiger partial charge in [-0.25, -0.2) is 0 Å². The van der Waals surface area contributed by atoms with Gasteiger partial charge in [0.15, 0.2) is 0 Å². The number of fused-ring (bicyclic) bond motifs is 11. The lowest BCUT2D eigenvalue weighted by atomic mass is 9.33. The first-order valence-electron chi connectivity index (χ1n) is 32.3. The zero-order valence-corrected chi connectivity index (χ0v) is 55.7. The van der Waals surface area contributed by atoms with Gasteiger partial charge in [0.05, 0.1) is 27.3 Å². The smallest absolute Gasteiger partial charge is 0.252 e. The van der Waals surface area contributed by atoms with Crippen molar-refractivity contribution >= 4 is 100 Å². The summed E-state index contributed by atoms with van der Waals surface area (Å²) in [6, 6.07) is 69.8. The van der Waals surface area contributed by atoms with Crippen LogP contribution < -0.4 is 31.1 Å². The minimum absolute atomic E-state index is 0.00584. The summed E-state index contributed by atoms with van der Waals surface area (Å²) in [7, 11) is 0. The average Bonchev–Trinajstić information content (AvgIpc) is 1.58. The highest BCUT2D eigenvalue weighted by atomic mass is 32.1. The third-order valence-corrected chi connectivity index (χ3v) is 22.1. The number of hydrogen-bond donors (Lipinski definition) is 0. The monoisotopic (exact) mass is 1160 g/mol. The topological polar surface area (TPSA) is 9.72 Å². The third-order valence-electron chi connectivity index (χ3n) is 21.0. The molecule has 2 atom stereocenters. The molecule has 1 saturated carbocycles. The molecule has 0 saturated heterocycles. The molecular formula is C82H88BN3S. The van der Waals surface area contributed by atoms with Gasteiger partial charge in [-0.1, -0.05) is 239 Å². The van der Waals surface area contributed by atoms with Crippen LogP contribution in [0.2, 0.25) is 0 Å². The highest BCUT2D eigenvalue weighted by Crippen LogP contribution is 2.64. The lowest BCUT2D eigenvalue weighted by molar-refractivity contribution is 0.195. The Morgan fingerprint density at radius 2 is 0.931 bits per heavy atom. The van der Waals surface area contributed by atoms with Crippen LogP contribution in [0.5, 0.6) is 0 Å². The van der Waals surface area contributed by atoms with Crippen LogP contribution in [0.25, 0.3) is 42.4 Å². The van der Waals surface area contributed by atoms with Crippen LogP contribution in [0, 0.1) is 0 Å². The summed E-state index contributed by atoms with van der Waals surface area (Å²) < 4.78 is 2.65. The van der Waals surface area contributed by atoms with Gasteiger partial charge < -0.3 is 14.7 Å². The molecule has 10 aromatic rings. The Kier molecular flexibility index (Phi) is 12.9. The van der Waals surface area contributed by atoms with E-state index >= 15 is 0 Å². The van der Waals surface area contributed by atoms with Crippen LogP contribution in [0.1, 0.15) is 177 Å². The fourth-order valence-corrected chi connectivity index (χ4v) is 16.8. The van der Waals surface area contributed by atoms with Crippen molar-refractivity contribution in [1.82, 2.24) is 0 Å². The van der Waals surface area contributed by atoms with Crippen LogP contribution in [0.3, 0.4) is 0 Å². The minimum atomic E-state index is -0.201. The number of hydrogen-bond acceptors (Lipinski definition) is 4. The van der Waals surface area contributed by atoms with Gasteiger partial charge in [-0.05, 0) is 168 Å². The fourth-order valence-electron chi connectivity index (χ4n) is 15.5. The minimum Gasteiger partial charge on any atom is -0.335 e. The molecule has 0 bridgehead atoms. The lowest BCUT2D eigenvalue weighted by Gasteiger charge is -2.53. The van der Waals surface area contributed by atoms with E-state index in [0.717, 1.165) is 29.9 Å². The first-order valence-corrected chi connectivity index (χ1v) is 33.1. The van der Waals surface area contributed by atoms with Gasteiger partial charge in [-0.3, -0.25) is 0 Å². The van der Waals surface area contributed by atoms with Gasteiger partial charge in [-0.15, -0.1) is 11.3 Å². The van der Waals surface area contributed by atoms with Gasteiger partial charge in [-0.2, -0.15) is 0 Å². The maximum Gasteiger partial charge on any atom is 0.252 e. The van der Waals surface area contributed by atoms with Crippen LogP contribution in [0.15, 0.2) is 176 Å². The Morgan fingerprint density at radius 1 is 0.425 bits per heavy atom. The van der Waals surface area contributed by atoms with E-state index in [2.05, 4.69) is 308 Å². The molecule has 4 aliphatic rings. The van der Waals surface area contributed by atoms with Crippen molar-refractivity contribution in [1.29, 1.82) is 0 Å². The number of nitrogens with zero attached hydrogens (tertiary/aromatic N) is 3. The molecular weight excluding hydrogens is 1070 g/mol. The van der Waals surface area contributed by atoms with Crippen LogP contribution in [0.4, 0.5) is 45.5 Å². The molecule has 3 aliphatic heterocycles. The third kappa shape index (κ3) is 9.00. The predicted octanol–water partition coefficient (Wildman–Crippen LogP) is 21.7. The Bertz CT molecular complexity index is 4260. The van der Waals surface area contributed by atoms with Crippen molar-refractivity contribution in [2.24, 2.45) is 0 Å². The maximum atomic E-state index is 2.94. The first kappa shape index (κ1) is 57.4. The Labute approximate surface area is 524 Å². The van der Waals surface area contributed by atoms with E-state index in [4.69, 9.17) is 0 Å². The summed E-state index contributed by atoms with van der Waals surface area (Å²) in [5.74, 6) is 0. The molecule has 5 heteroatoms. The van der Waals surface area contributed by atoms with Crippen molar-refractivity contribution in [3.8, 4) is 22.3 Å². The van der Waals surface area contributed by atoms with E-state index in [-0.39, 0.29) is 44.7 Å². The van der Waals surface area contributed by atoms with Crippen molar-refractivity contribution in [3.05, 3.63) is 209 Å². The summed E-state index contributed by atoms with van der Waals surface area (Å²) in [6.07, 6.45) is 4.70. The zero-order chi connectivity index (χ0) is 61.3. The Balaban J connectivity index is 1.20. The molecule has 440 valence electrons. The van der Waals surface area contributed by atoms with E-state index in [1.165, 1.54) is 133 Å². The molecule has 3 nitrogen and oxygen atoms in total. The summed E-state index contributed by atoms with van der Waals surface area (Å²) in [5, 5.41) is 2.65. The molecule has 0 amide bonds. The molecule has 87 heavy (non-hydrogen) atoms. The van der Waals surface area contributed by atoms with E-state index in [1.807, 2.05) is 11.3 Å². The molecule has 4 heterocycles. The quantitative estimate of drug-likeness (QED) is 0.154. The molecule has 0 radical (unpaired) electrons. The second-order valence-electron chi connectivity index (χ2n) is 31.8. The second-order valence-corrected chi connectivity index (χ2v) is 32.9. The summed E-state index contributed by atoms with van der Waals surface area (Å²) in [6.45, 7) is 40.7. The van der Waals surface area contributed by atoms with E-state index in [9.17, 15) is 0 Å². The van der Waals surface area contributed by atoms with Gasteiger partial charge >= 0.3 is 0 Å². The van der Waals surface area contributed by atoms with Gasteiger partial charge in [0.25, 0.3) is 6.71 Å². The number of anilines is 8. The molecule has 1 aromatic heterocycles. The van der Waals surface area contributed by atoms with Crippen LogP contribution in [-0.4, -0.2) is 12.3 Å². The van der Waals surface area contributed by atoms with E-state index < -0.39 is 0 Å². The predicted molar refractivity (Wildman–Crippen MR) is 381 cm³/mol. The van der Waals surface area contributed by atoms with Crippen LogP contribution >= 0.6 is 11.3 Å². The SMILES string of the molecule is CC(C)(C)c1ccc(N(c2ccc(C(C)(C)C)cc2)c2cc3c4c(c2)N2c5c(cc(C(C)(C)C)cc5C5(C)CCCCC25C)B4c2ccc4c(sc5ccc(C(C)(C)C)cc54)c2N3c2c(-c3ccccc3)cc(C(C)(C)C)cc2-c2ccccc2)cc1. The molecule has 1 fully saturated rings. The van der Waals surface area contributed by atoms with Gasteiger partial charge in [0.1, 0.15) is 0 Å². The summed E-state index contributed by atoms with van der Waals surface area (Å²) >= 11 is 1.98. The second kappa shape index (κ2) is 19.6. The molecule has 9 aromatic carbocycles. The molecule has 2 unspecified atom stereocenters. The summed E-state index contributed by atoms with van der Waals surface area (Å²) in [4.78, 5) is 8.36. The lowest BCUT2D eigenvalue weighted by Crippen LogP contribution is -2.64. The molecule has 14 rings (SSSR count). The largest absolute Gasteiger partial charge is 0.335 e. The summed E-state index contributed by atoms with van der Waals surface area (Å²) in [5.41, 5.74) is 26.8.